The van der Waals surface area contributed by atoms with Crippen molar-refractivity contribution in [2.24, 2.45) is 5.92 Å². The molecule has 0 bridgehead atoms. The van der Waals surface area contributed by atoms with Gasteiger partial charge in [-0.2, -0.15) is 8.78 Å². The fourth-order valence-electron chi connectivity index (χ4n) is 2.56. The number of benzene rings is 2. The van der Waals surface area contributed by atoms with Gasteiger partial charge in [-0.25, -0.2) is 4.39 Å². The highest BCUT2D eigenvalue weighted by Gasteiger charge is 2.33. The monoisotopic (exact) mass is 400 g/mol. The summed E-state index contributed by atoms with van der Waals surface area (Å²) in [5.41, 5.74) is 1.80. The van der Waals surface area contributed by atoms with Gasteiger partial charge in [-0.15, -0.1) is 0 Å². The second-order valence-electron chi connectivity index (χ2n) is 5.77. The van der Waals surface area contributed by atoms with E-state index in [0.717, 1.165) is 24.0 Å². The molecular weight excluding hydrogens is 385 g/mol. The highest BCUT2D eigenvalue weighted by Crippen LogP contribution is 2.44. The van der Waals surface area contributed by atoms with E-state index in [4.69, 9.17) is 4.74 Å². The molecule has 24 heavy (non-hydrogen) atoms. The van der Waals surface area contributed by atoms with Crippen molar-refractivity contribution in [3.8, 4) is 5.75 Å². The van der Waals surface area contributed by atoms with Crippen LogP contribution in [0.25, 0.3) is 0 Å². The molecule has 1 saturated carbocycles. The first-order valence-corrected chi connectivity index (χ1v) is 8.42. The Morgan fingerprint density at radius 1 is 1.08 bits per heavy atom. The molecule has 0 radical (unpaired) electrons. The fraction of sp³-hybridized carbons (Fsp3) is 0.333. The van der Waals surface area contributed by atoms with Crippen molar-refractivity contribution in [2.75, 3.05) is 0 Å². The van der Waals surface area contributed by atoms with Gasteiger partial charge >= 0.3 is 6.61 Å². The van der Waals surface area contributed by atoms with Gasteiger partial charge in [0.15, 0.2) is 0 Å². The lowest BCUT2D eigenvalue weighted by atomic mass is 10.1. The summed E-state index contributed by atoms with van der Waals surface area (Å²) in [5.74, 6) is 0.244. The van der Waals surface area contributed by atoms with Gasteiger partial charge in [0.1, 0.15) is 11.6 Å². The molecule has 128 valence electrons. The van der Waals surface area contributed by atoms with E-state index in [2.05, 4.69) is 20.7 Å². The molecule has 0 amide bonds. The number of hydrogen-bond acceptors (Lipinski definition) is 2. The second kappa shape index (κ2) is 7.57. The molecule has 1 atom stereocenters. The molecule has 0 N–H and O–H groups in total. The first-order chi connectivity index (χ1) is 11.5. The number of rotatable bonds is 7. The SMILES string of the molecule is Fc1ccc(COC(c2ccc(OC(F)F)cc2)C2CC2)cc1Br. The van der Waals surface area contributed by atoms with Gasteiger partial charge in [-0.1, -0.05) is 18.2 Å². The standard InChI is InChI=1S/C18H16BrF3O2/c19-15-9-11(1-8-16(15)20)10-23-17(12-2-3-12)13-4-6-14(7-5-13)24-18(21)22/h1,4-9,12,17-18H,2-3,10H2. The van der Waals surface area contributed by atoms with E-state index < -0.39 is 6.61 Å². The van der Waals surface area contributed by atoms with Crippen LogP contribution in [0.3, 0.4) is 0 Å². The summed E-state index contributed by atoms with van der Waals surface area (Å²) < 4.78 is 48.5. The summed E-state index contributed by atoms with van der Waals surface area (Å²) in [4.78, 5) is 0. The van der Waals surface area contributed by atoms with Crippen LogP contribution in [0.5, 0.6) is 5.75 Å². The van der Waals surface area contributed by atoms with Crippen LogP contribution in [-0.4, -0.2) is 6.61 Å². The molecule has 1 fully saturated rings. The van der Waals surface area contributed by atoms with Crippen molar-refractivity contribution in [1.82, 2.24) is 0 Å². The summed E-state index contributed by atoms with van der Waals surface area (Å²) in [6.45, 7) is -2.47. The van der Waals surface area contributed by atoms with Gasteiger partial charge in [-0.05, 0) is 70.1 Å². The smallest absolute Gasteiger partial charge is 0.387 e. The maximum Gasteiger partial charge on any atom is 0.387 e. The van der Waals surface area contributed by atoms with E-state index in [9.17, 15) is 13.2 Å². The maximum absolute atomic E-state index is 13.3. The van der Waals surface area contributed by atoms with Crippen molar-refractivity contribution >= 4 is 15.9 Å². The van der Waals surface area contributed by atoms with E-state index in [1.165, 1.54) is 18.2 Å². The Bertz CT molecular complexity index is 687. The van der Waals surface area contributed by atoms with E-state index in [-0.39, 0.29) is 17.7 Å². The third kappa shape index (κ3) is 4.51. The second-order valence-corrected chi connectivity index (χ2v) is 6.62. The molecule has 0 saturated heterocycles. The molecule has 2 aromatic rings. The van der Waals surface area contributed by atoms with E-state index >= 15 is 0 Å². The molecule has 0 heterocycles. The quantitative estimate of drug-likeness (QED) is 0.579. The number of hydrogen-bond donors (Lipinski definition) is 0. The predicted octanol–water partition coefficient (Wildman–Crippen LogP) is 5.86. The third-order valence-electron chi connectivity index (χ3n) is 3.90. The lowest BCUT2D eigenvalue weighted by Crippen LogP contribution is -2.07. The highest BCUT2D eigenvalue weighted by molar-refractivity contribution is 9.10. The minimum atomic E-state index is -2.83. The Kier molecular flexibility index (Phi) is 5.46. The first kappa shape index (κ1) is 17.3. The molecule has 1 aliphatic rings. The zero-order chi connectivity index (χ0) is 17.1. The first-order valence-electron chi connectivity index (χ1n) is 7.63. The molecule has 2 nitrogen and oxygen atoms in total. The summed E-state index contributed by atoms with van der Waals surface area (Å²) in [6.07, 6.45) is 2.05. The van der Waals surface area contributed by atoms with Crippen LogP contribution in [0.4, 0.5) is 13.2 Å². The zero-order valence-corrected chi connectivity index (χ0v) is 14.3. The van der Waals surface area contributed by atoms with Gasteiger partial charge in [0.05, 0.1) is 17.2 Å². The molecule has 2 aromatic carbocycles. The molecule has 0 aromatic heterocycles. The van der Waals surface area contributed by atoms with Gasteiger partial charge in [-0.3, -0.25) is 0 Å². The van der Waals surface area contributed by atoms with E-state index in [1.54, 1.807) is 24.3 Å². The van der Waals surface area contributed by atoms with Crippen LogP contribution in [0.15, 0.2) is 46.9 Å². The topological polar surface area (TPSA) is 18.5 Å². The van der Waals surface area contributed by atoms with Crippen LogP contribution in [0, 0.1) is 11.7 Å². The molecular formula is C18H16BrF3O2. The number of ether oxygens (including phenoxy) is 2. The fourth-order valence-corrected chi connectivity index (χ4v) is 2.98. The largest absolute Gasteiger partial charge is 0.435 e. The Labute approximate surface area is 146 Å². The number of halogens is 4. The Morgan fingerprint density at radius 3 is 2.38 bits per heavy atom. The average Bonchev–Trinajstić information content (AvgIpc) is 3.37. The molecule has 1 aliphatic carbocycles. The van der Waals surface area contributed by atoms with E-state index in [0.29, 0.717) is 17.0 Å². The van der Waals surface area contributed by atoms with Crippen LogP contribution in [-0.2, 0) is 11.3 Å². The normalized spacial score (nSPS) is 15.5. The van der Waals surface area contributed by atoms with Gasteiger partial charge in [0.25, 0.3) is 0 Å². The Hall–Kier alpha value is -1.53. The van der Waals surface area contributed by atoms with E-state index in [1.807, 2.05) is 0 Å². The minimum Gasteiger partial charge on any atom is -0.435 e. The lowest BCUT2D eigenvalue weighted by molar-refractivity contribution is -0.0499. The summed E-state index contributed by atoms with van der Waals surface area (Å²) >= 11 is 3.16. The van der Waals surface area contributed by atoms with Crippen molar-refractivity contribution in [2.45, 2.75) is 32.2 Å². The molecule has 3 rings (SSSR count). The maximum atomic E-state index is 13.3. The Balaban J connectivity index is 1.67. The highest BCUT2D eigenvalue weighted by atomic mass is 79.9. The van der Waals surface area contributed by atoms with Crippen LogP contribution in [0.1, 0.15) is 30.1 Å². The van der Waals surface area contributed by atoms with Crippen molar-refractivity contribution in [3.05, 3.63) is 63.9 Å². The predicted molar refractivity (Wildman–Crippen MR) is 87.4 cm³/mol. The minimum absolute atomic E-state index is 0.102. The summed E-state index contributed by atoms with van der Waals surface area (Å²) in [7, 11) is 0. The molecule has 0 spiro atoms. The van der Waals surface area contributed by atoms with Crippen LogP contribution in [0.2, 0.25) is 0 Å². The van der Waals surface area contributed by atoms with Gasteiger partial charge in [0, 0.05) is 0 Å². The molecule has 1 unspecified atom stereocenters. The summed E-state index contributed by atoms with van der Waals surface area (Å²) in [6, 6.07) is 11.3. The lowest BCUT2D eigenvalue weighted by Gasteiger charge is -2.18. The Morgan fingerprint density at radius 2 is 1.79 bits per heavy atom. The summed E-state index contributed by atoms with van der Waals surface area (Å²) in [5, 5.41) is 0. The van der Waals surface area contributed by atoms with Crippen LogP contribution >= 0.6 is 15.9 Å². The third-order valence-corrected chi connectivity index (χ3v) is 4.51. The van der Waals surface area contributed by atoms with Crippen LogP contribution < -0.4 is 4.74 Å². The number of alkyl halides is 2. The van der Waals surface area contributed by atoms with Crippen molar-refractivity contribution in [3.63, 3.8) is 0 Å². The molecule has 6 heteroatoms. The zero-order valence-electron chi connectivity index (χ0n) is 12.7. The van der Waals surface area contributed by atoms with Gasteiger partial charge in [0.2, 0.25) is 0 Å². The average molecular weight is 401 g/mol. The van der Waals surface area contributed by atoms with Crippen molar-refractivity contribution in [1.29, 1.82) is 0 Å². The molecule has 0 aliphatic heterocycles. The van der Waals surface area contributed by atoms with Gasteiger partial charge < -0.3 is 9.47 Å². The van der Waals surface area contributed by atoms with Crippen molar-refractivity contribution < 1.29 is 22.6 Å².